The van der Waals surface area contributed by atoms with Crippen LogP contribution in [0.25, 0.3) is 23.1 Å². The van der Waals surface area contributed by atoms with E-state index >= 15 is 0 Å². The Morgan fingerprint density at radius 2 is 1.67 bits per heavy atom. The first-order chi connectivity index (χ1) is 7.36. The van der Waals surface area contributed by atoms with E-state index in [4.69, 9.17) is 0 Å². The van der Waals surface area contributed by atoms with Gasteiger partial charge in [0.2, 0.25) is 0 Å². The molecular formula is C14H19N. The normalized spacial score (nSPS) is 12.8. The van der Waals surface area contributed by atoms with Gasteiger partial charge >= 0.3 is 0 Å². The molecule has 2 rings (SSSR count). The second-order valence-electron chi connectivity index (χ2n) is 3.08. The van der Waals surface area contributed by atoms with E-state index < -0.39 is 0 Å². The molecule has 1 heterocycles. The van der Waals surface area contributed by atoms with Crippen LogP contribution in [0, 0.1) is 0 Å². The van der Waals surface area contributed by atoms with Crippen LogP contribution < -0.4 is 10.6 Å². The molecular weight excluding hydrogens is 182 g/mol. The summed E-state index contributed by atoms with van der Waals surface area (Å²) in [7, 11) is 0. The van der Waals surface area contributed by atoms with Crippen LogP contribution in [0.1, 0.15) is 27.7 Å². The Morgan fingerprint density at radius 1 is 1.00 bits per heavy atom. The van der Waals surface area contributed by atoms with Gasteiger partial charge in [-0.25, -0.2) is 0 Å². The van der Waals surface area contributed by atoms with Crippen LogP contribution in [-0.4, -0.2) is 4.98 Å². The Hall–Kier alpha value is -1.50. The minimum Gasteiger partial charge on any atom is -0.355 e. The molecule has 80 valence electrons. The third-order valence-corrected chi connectivity index (χ3v) is 2.35. The number of H-pyrrole nitrogens is 1. The molecule has 1 aromatic carbocycles. The Kier molecular flexibility index (Phi) is 4.17. The molecule has 0 spiro atoms. The number of fused-ring (bicyclic) bond motifs is 1. The van der Waals surface area contributed by atoms with Crippen LogP contribution in [0.3, 0.4) is 0 Å². The zero-order valence-corrected chi connectivity index (χ0v) is 9.96. The van der Waals surface area contributed by atoms with Gasteiger partial charge in [0, 0.05) is 21.5 Å². The second-order valence-corrected chi connectivity index (χ2v) is 3.08. The zero-order chi connectivity index (χ0) is 11.3. The van der Waals surface area contributed by atoms with E-state index in [0.717, 1.165) is 0 Å². The molecule has 0 radical (unpaired) electrons. The van der Waals surface area contributed by atoms with Crippen LogP contribution in [0.2, 0.25) is 0 Å². The lowest BCUT2D eigenvalue weighted by Crippen LogP contribution is -2.21. The molecule has 0 saturated carbocycles. The molecule has 0 unspecified atom stereocenters. The lowest BCUT2D eigenvalue weighted by molar-refractivity contribution is 1.35. The topological polar surface area (TPSA) is 15.8 Å². The van der Waals surface area contributed by atoms with Gasteiger partial charge in [0.05, 0.1) is 0 Å². The average Bonchev–Trinajstić information content (AvgIpc) is 2.69. The first kappa shape index (κ1) is 11.6. The molecule has 0 fully saturated rings. The van der Waals surface area contributed by atoms with E-state index in [9.17, 15) is 0 Å². The number of hydrogen-bond acceptors (Lipinski definition) is 0. The molecule has 1 heteroatoms. The molecule has 0 aliphatic rings. The largest absolute Gasteiger partial charge is 0.355 e. The highest BCUT2D eigenvalue weighted by molar-refractivity contribution is 5.80. The maximum atomic E-state index is 3.38. The summed E-state index contributed by atoms with van der Waals surface area (Å²) in [5.74, 6) is 0. The van der Waals surface area contributed by atoms with Gasteiger partial charge in [-0.05, 0) is 19.9 Å². The summed E-state index contributed by atoms with van der Waals surface area (Å²) >= 11 is 0. The molecule has 0 aliphatic carbocycles. The van der Waals surface area contributed by atoms with Crippen LogP contribution in [0.15, 0.2) is 24.3 Å². The molecule has 1 aromatic heterocycles. The predicted molar refractivity (Wildman–Crippen MR) is 69.2 cm³/mol. The summed E-state index contributed by atoms with van der Waals surface area (Å²) in [5, 5.41) is 3.82. The molecule has 1 nitrogen and oxygen atoms in total. The molecule has 0 bridgehead atoms. The predicted octanol–water partition coefficient (Wildman–Crippen LogP) is 2.79. The zero-order valence-electron chi connectivity index (χ0n) is 9.96. The van der Waals surface area contributed by atoms with Gasteiger partial charge in [-0.2, -0.15) is 0 Å². The maximum absolute atomic E-state index is 3.38. The molecule has 0 saturated heterocycles. The van der Waals surface area contributed by atoms with E-state index in [-0.39, 0.29) is 0 Å². The fraction of sp³-hybridized carbons (Fsp3) is 0.286. The van der Waals surface area contributed by atoms with Crippen LogP contribution in [0.5, 0.6) is 0 Å². The first-order valence-electron chi connectivity index (χ1n) is 5.56. The quantitative estimate of drug-likeness (QED) is 0.674. The summed E-state index contributed by atoms with van der Waals surface area (Å²) in [5.41, 5.74) is 1.21. The van der Waals surface area contributed by atoms with Crippen LogP contribution >= 0.6 is 0 Å². The number of aromatic nitrogens is 1. The smallest absolute Gasteiger partial charge is 0.0464 e. The Bertz CT molecular complexity index is 532. The summed E-state index contributed by atoms with van der Waals surface area (Å²) < 4.78 is 0. The van der Waals surface area contributed by atoms with Crippen LogP contribution in [-0.2, 0) is 0 Å². The Morgan fingerprint density at radius 3 is 2.27 bits per heavy atom. The highest BCUT2D eigenvalue weighted by Crippen LogP contribution is 2.03. The molecule has 15 heavy (non-hydrogen) atoms. The fourth-order valence-corrected chi connectivity index (χ4v) is 1.72. The minimum absolute atomic E-state index is 1.21. The van der Waals surface area contributed by atoms with Gasteiger partial charge in [-0.1, -0.05) is 44.2 Å². The lowest BCUT2D eigenvalue weighted by atomic mass is 10.2. The SMILES string of the molecule is C/C=c1\c(=C/C)[nH]c2ccccc12.CC. The summed E-state index contributed by atoms with van der Waals surface area (Å²) in [6, 6.07) is 8.38. The molecule has 0 amide bonds. The minimum atomic E-state index is 1.21. The second kappa shape index (κ2) is 5.40. The number of aromatic amines is 1. The van der Waals surface area contributed by atoms with Crippen LogP contribution in [0.4, 0.5) is 0 Å². The summed E-state index contributed by atoms with van der Waals surface area (Å²) in [6.45, 7) is 8.13. The molecule has 1 N–H and O–H groups in total. The van der Waals surface area contributed by atoms with E-state index in [1.165, 1.54) is 21.5 Å². The van der Waals surface area contributed by atoms with Crippen molar-refractivity contribution in [3.63, 3.8) is 0 Å². The van der Waals surface area contributed by atoms with Crippen molar-refractivity contribution in [3.05, 3.63) is 34.8 Å². The average molecular weight is 201 g/mol. The van der Waals surface area contributed by atoms with Gasteiger partial charge in [-0.15, -0.1) is 0 Å². The van der Waals surface area contributed by atoms with Gasteiger partial charge in [-0.3, -0.25) is 0 Å². The molecule has 0 atom stereocenters. The van der Waals surface area contributed by atoms with Crippen molar-refractivity contribution in [3.8, 4) is 0 Å². The third kappa shape index (κ3) is 2.12. The van der Waals surface area contributed by atoms with Crippen molar-refractivity contribution in [2.45, 2.75) is 27.7 Å². The number of hydrogen-bond donors (Lipinski definition) is 1. The van der Waals surface area contributed by atoms with Gasteiger partial charge in [0.1, 0.15) is 0 Å². The number of para-hydroxylation sites is 1. The van der Waals surface area contributed by atoms with Crippen molar-refractivity contribution in [1.29, 1.82) is 0 Å². The highest BCUT2D eigenvalue weighted by atomic mass is 14.7. The van der Waals surface area contributed by atoms with Crippen molar-refractivity contribution < 1.29 is 0 Å². The van der Waals surface area contributed by atoms with Crippen molar-refractivity contribution in [2.24, 2.45) is 0 Å². The Balaban J connectivity index is 0.000000531. The number of nitrogens with one attached hydrogen (secondary N) is 1. The van der Waals surface area contributed by atoms with E-state index in [1.54, 1.807) is 0 Å². The van der Waals surface area contributed by atoms with Crippen molar-refractivity contribution in [1.82, 2.24) is 4.98 Å². The fourth-order valence-electron chi connectivity index (χ4n) is 1.72. The summed E-state index contributed by atoms with van der Waals surface area (Å²) in [4.78, 5) is 3.38. The molecule has 0 aliphatic heterocycles. The van der Waals surface area contributed by atoms with E-state index in [1.807, 2.05) is 13.8 Å². The van der Waals surface area contributed by atoms with Crippen molar-refractivity contribution in [2.75, 3.05) is 0 Å². The summed E-state index contributed by atoms with van der Waals surface area (Å²) in [6.07, 6.45) is 4.25. The standard InChI is InChI=1S/C12H13N.C2H6/c1-3-9-10-7-5-6-8-12(10)13-11(9)4-2;1-2/h3-8,13H,1-2H3;1-2H3/b9-3-,11-4+;. The van der Waals surface area contributed by atoms with E-state index in [2.05, 4.69) is 55.2 Å². The third-order valence-electron chi connectivity index (χ3n) is 2.35. The number of benzene rings is 1. The lowest BCUT2D eigenvalue weighted by Gasteiger charge is -1.85. The van der Waals surface area contributed by atoms with Gasteiger partial charge in [0.25, 0.3) is 0 Å². The number of rotatable bonds is 0. The molecule has 2 aromatic rings. The monoisotopic (exact) mass is 201 g/mol. The Labute approximate surface area is 91.1 Å². The van der Waals surface area contributed by atoms with E-state index in [0.29, 0.717) is 0 Å². The van der Waals surface area contributed by atoms with Gasteiger partial charge in [0.15, 0.2) is 0 Å². The highest BCUT2D eigenvalue weighted by Gasteiger charge is 1.95. The first-order valence-corrected chi connectivity index (χ1v) is 5.56. The van der Waals surface area contributed by atoms with Gasteiger partial charge < -0.3 is 4.98 Å². The maximum Gasteiger partial charge on any atom is 0.0464 e. The van der Waals surface area contributed by atoms with Crippen molar-refractivity contribution >= 4 is 23.1 Å².